The summed E-state index contributed by atoms with van der Waals surface area (Å²) in [5.41, 5.74) is 12.1. The van der Waals surface area contributed by atoms with Gasteiger partial charge in [0.05, 0.1) is 51.1 Å². The van der Waals surface area contributed by atoms with E-state index in [9.17, 15) is 9.90 Å². The molecule has 3 atom stereocenters. The maximum absolute atomic E-state index is 13.4. The number of imidazole rings is 1. The molecule has 7 aromatic rings. The van der Waals surface area contributed by atoms with Crippen molar-refractivity contribution < 1.29 is 50.1 Å². The van der Waals surface area contributed by atoms with Crippen LogP contribution < -0.4 is 17.0 Å². The first-order valence-corrected chi connectivity index (χ1v) is 27.0. The minimum atomic E-state index is -1.48. The van der Waals surface area contributed by atoms with Crippen LogP contribution in [0, 0.1) is 53.7 Å². The van der Waals surface area contributed by atoms with Crippen LogP contribution in [0.15, 0.2) is 74.7 Å². The average molecular weight is 1120 g/mol. The number of aryl methyl sites for hydroxylation is 6. The molecule has 0 amide bonds. The van der Waals surface area contributed by atoms with Gasteiger partial charge < -0.3 is 55.3 Å². The number of pyridine rings is 2. The molecule has 2 N–H and O–H groups in total. The number of benzene rings is 2. The average Bonchev–Trinajstić information content (AvgIpc) is 3.89. The van der Waals surface area contributed by atoms with Crippen LogP contribution in [0.4, 0.5) is 5.69 Å². The van der Waals surface area contributed by atoms with E-state index in [2.05, 4.69) is 52.5 Å². The van der Waals surface area contributed by atoms with Crippen LogP contribution in [0.1, 0.15) is 165 Å². The van der Waals surface area contributed by atoms with Crippen molar-refractivity contribution >= 4 is 51.3 Å². The molecule has 2 saturated carbocycles. The van der Waals surface area contributed by atoms with Crippen LogP contribution >= 0.6 is 0 Å². The van der Waals surface area contributed by atoms with Gasteiger partial charge in [0.25, 0.3) is 0 Å². The maximum atomic E-state index is 13.4. The Morgan fingerprint density at radius 1 is 0.753 bits per heavy atom. The molecule has 5 aromatic heterocycles. The summed E-state index contributed by atoms with van der Waals surface area (Å²) in [7, 11) is 0. The molecule has 9 heterocycles. The Hall–Kier alpha value is -4.94. The second-order valence-corrected chi connectivity index (χ2v) is 22.6. The number of fused-ring (bicyclic) bond motifs is 2. The van der Waals surface area contributed by atoms with Crippen LogP contribution in [0.2, 0.25) is 0 Å². The standard InChI is InChI=1S/C28H32N4O3.C23H26N2O3.C6H6N.C4H8O.BrH.Mg/c1-15-7-6-8-22(29-15)28(33,23-11-12-27(4,5)34-23)20-13-19(24-16(2)32-35-17(24)3)14-21-25(20)31-26(30-21)18-9-10-18;1-12-20(13(2)28-25-12)15-9-16-11-18(14-5-6-14)24-21(16)17(10-15)22(26)19-7-8-23(3,4)27-19;1-6-4-2-3-5-7-6;1-2-4-5-3-1;;/h6-8,13-14,18,23,33H,9-12H2,1-5H3,(H,30,31);9-10,14,19H,5-8,11H2,1-4H3;2-4H,1H3;1-4H2;1H;/q;;-1;;;+2/p-1. The molecule has 77 heavy (non-hydrogen) atoms. The smallest absolute Gasteiger partial charge is 1.00 e. The summed E-state index contributed by atoms with van der Waals surface area (Å²) in [6.07, 6.45) is 13.2. The van der Waals surface area contributed by atoms with Gasteiger partial charge in [-0.1, -0.05) is 35.2 Å². The van der Waals surface area contributed by atoms with Gasteiger partial charge in [-0.25, -0.2) is 4.98 Å². The number of carbonyl (C=O) groups excluding carboxylic acids is 1. The summed E-state index contributed by atoms with van der Waals surface area (Å²) >= 11 is 0. The van der Waals surface area contributed by atoms with E-state index in [-0.39, 0.29) is 63.1 Å². The van der Waals surface area contributed by atoms with Crippen molar-refractivity contribution in [3.05, 3.63) is 129 Å². The second kappa shape index (κ2) is 23.8. The number of ketones is 1. The third kappa shape index (κ3) is 12.9. The third-order valence-electron chi connectivity index (χ3n) is 15.3. The molecule has 16 heteroatoms. The number of nitrogens with one attached hydrogen (secondary N) is 1. The molecular weight excluding hydrogens is 1050 g/mol. The predicted molar refractivity (Wildman–Crippen MR) is 294 cm³/mol. The zero-order valence-corrected chi connectivity index (χ0v) is 49.4. The number of carbonyl (C=O) groups is 1. The molecule has 402 valence electrons. The summed E-state index contributed by atoms with van der Waals surface area (Å²) in [5.74, 6) is 3.59. The number of ether oxygens (including phenoxy) is 3. The number of hydrogen-bond donors (Lipinski definition) is 2. The molecular formula is C61H72BrMgN7O7. The largest absolute Gasteiger partial charge is 2.00 e. The molecule has 14 nitrogen and oxygen atoms in total. The number of aliphatic imine (C=N–C) groups is 1. The number of hydrogen-bond acceptors (Lipinski definition) is 13. The fourth-order valence-electron chi connectivity index (χ4n) is 11.0. The van der Waals surface area contributed by atoms with Crippen LogP contribution in [0.25, 0.3) is 33.3 Å². The number of aliphatic hydroxyl groups is 1. The molecule has 3 saturated heterocycles. The first-order valence-electron chi connectivity index (χ1n) is 27.0. The van der Waals surface area contributed by atoms with Crippen molar-refractivity contribution in [1.82, 2.24) is 30.2 Å². The van der Waals surface area contributed by atoms with E-state index in [1.54, 1.807) is 6.07 Å². The van der Waals surface area contributed by atoms with Crippen LogP contribution in [0.3, 0.4) is 0 Å². The summed E-state index contributed by atoms with van der Waals surface area (Å²) in [5, 5.41) is 21.0. The zero-order valence-electron chi connectivity index (χ0n) is 46.4. The number of halogens is 1. The van der Waals surface area contributed by atoms with E-state index in [0.717, 1.165) is 143 Å². The Kier molecular flexibility index (Phi) is 18.0. The van der Waals surface area contributed by atoms with Crippen molar-refractivity contribution in [3.8, 4) is 22.3 Å². The van der Waals surface area contributed by atoms with Gasteiger partial charge in [-0.15, -0.1) is 0 Å². The summed E-state index contributed by atoms with van der Waals surface area (Å²) in [6, 6.07) is 19.7. The quantitative estimate of drug-likeness (QED) is 0.0795. The number of rotatable bonds is 9. The van der Waals surface area contributed by atoms with E-state index in [1.807, 2.05) is 97.9 Å². The van der Waals surface area contributed by atoms with E-state index < -0.39 is 11.7 Å². The van der Waals surface area contributed by atoms with Crippen LogP contribution in [0.5, 0.6) is 0 Å². The van der Waals surface area contributed by atoms with E-state index >= 15 is 0 Å². The number of nitrogens with zero attached hydrogens (tertiary/aromatic N) is 6. The SMILES string of the molecule is C1CCOC1.Cc1ccc[c-]n1.Cc1cccc(C(O)(c2cc(-c3c(C)noc3C)cc3[nH]c(C4CC4)nc23)C2CCC(C)(C)O2)n1.Cc1noc(C)c1-c1cc2c(c(C(=O)C3CCC(C)(C)O3)c1)N=C(C1CC1)C2.[Br-].[Mg+2]. The fraction of sp³-hybridized carbons (Fsp3) is 0.492. The number of H-pyrrole nitrogens is 1. The third-order valence-corrected chi connectivity index (χ3v) is 15.3. The van der Waals surface area contributed by atoms with Crippen molar-refractivity contribution in [2.24, 2.45) is 10.9 Å². The number of aromatic amines is 1. The Balaban J connectivity index is 0.000000166. The van der Waals surface area contributed by atoms with Crippen molar-refractivity contribution in [2.45, 2.75) is 175 Å². The Morgan fingerprint density at radius 3 is 1.90 bits per heavy atom. The summed E-state index contributed by atoms with van der Waals surface area (Å²) in [6.45, 7) is 21.8. The molecule has 5 fully saturated rings. The van der Waals surface area contributed by atoms with Gasteiger partial charge >= 0.3 is 23.1 Å². The topological polar surface area (TPSA) is 184 Å². The van der Waals surface area contributed by atoms with Crippen LogP contribution in [-0.2, 0) is 26.2 Å². The van der Waals surface area contributed by atoms with Crippen molar-refractivity contribution in [3.63, 3.8) is 0 Å². The molecule has 0 radical (unpaired) electrons. The van der Waals surface area contributed by atoms with Gasteiger partial charge in [0, 0.05) is 59.2 Å². The van der Waals surface area contributed by atoms with Gasteiger partial charge in [0.2, 0.25) is 0 Å². The normalized spacial score (nSPS) is 20.5. The Bertz CT molecular complexity index is 3200. The predicted octanol–water partition coefficient (Wildman–Crippen LogP) is 9.36. The molecule has 2 aliphatic carbocycles. The van der Waals surface area contributed by atoms with Gasteiger partial charge in [-0.05, 0) is 186 Å². The van der Waals surface area contributed by atoms with E-state index in [0.29, 0.717) is 28.7 Å². The van der Waals surface area contributed by atoms with Gasteiger partial charge in [-0.2, -0.15) is 18.2 Å². The summed E-state index contributed by atoms with van der Waals surface area (Å²) in [4.78, 5) is 35.6. The van der Waals surface area contributed by atoms with Crippen LogP contribution in [-0.4, -0.2) is 107 Å². The molecule has 0 bridgehead atoms. The van der Waals surface area contributed by atoms with Gasteiger partial charge in [0.15, 0.2) is 11.4 Å². The Morgan fingerprint density at radius 2 is 1.39 bits per heavy atom. The van der Waals surface area contributed by atoms with Gasteiger partial charge in [0.1, 0.15) is 23.4 Å². The molecule has 6 aliphatic rings. The zero-order chi connectivity index (χ0) is 52.8. The first kappa shape index (κ1) is 58.2. The monoisotopic (exact) mass is 1120 g/mol. The first-order chi connectivity index (χ1) is 35.9. The molecule has 4 aliphatic heterocycles. The molecule has 0 spiro atoms. The molecule has 2 aromatic carbocycles. The molecule has 3 unspecified atom stereocenters. The fourth-order valence-corrected chi connectivity index (χ4v) is 11.0. The van der Waals surface area contributed by atoms with E-state index in [4.69, 9.17) is 38.2 Å². The maximum Gasteiger partial charge on any atom is 2.00 e. The van der Waals surface area contributed by atoms with Crippen molar-refractivity contribution in [2.75, 3.05) is 13.2 Å². The Labute approximate surface area is 479 Å². The minimum absolute atomic E-state index is 0. The number of Topliss-reactive ketones (excluding diaryl/α,β-unsaturated/α-hetero) is 1. The van der Waals surface area contributed by atoms with Gasteiger partial charge in [-0.3, -0.25) is 14.8 Å². The minimum Gasteiger partial charge on any atom is -1.00 e. The summed E-state index contributed by atoms with van der Waals surface area (Å²) < 4.78 is 28.4. The second-order valence-electron chi connectivity index (χ2n) is 22.6. The number of aromatic nitrogens is 6. The van der Waals surface area contributed by atoms with Crippen molar-refractivity contribution in [1.29, 1.82) is 0 Å². The molecule has 13 rings (SSSR count). The van der Waals surface area contributed by atoms with E-state index in [1.165, 1.54) is 31.4 Å².